The first-order valence-corrected chi connectivity index (χ1v) is 6.87. The zero-order chi connectivity index (χ0) is 14.3. The van der Waals surface area contributed by atoms with Gasteiger partial charge in [-0.05, 0) is 6.92 Å². The molecule has 2 atom stereocenters. The number of ether oxygens (including phenoxy) is 3. The van der Waals surface area contributed by atoms with E-state index in [9.17, 15) is 14.4 Å². The second-order valence-electron chi connectivity index (χ2n) is 5.16. The van der Waals surface area contributed by atoms with Crippen LogP contribution in [0, 0.1) is 5.92 Å². The van der Waals surface area contributed by atoms with Crippen LogP contribution in [0.3, 0.4) is 0 Å². The third-order valence-electron chi connectivity index (χ3n) is 4.13. The molecule has 0 radical (unpaired) electrons. The fourth-order valence-corrected chi connectivity index (χ4v) is 3.24. The number of fused-ring (bicyclic) bond motifs is 2. The maximum atomic E-state index is 12.4. The average Bonchev–Trinajstić information content (AvgIpc) is 3.00. The lowest BCUT2D eigenvalue weighted by Gasteiger charge is -2.37. The van der Waals surface area contributed by atoms with Crippen molar-refractivity contribution >= 4 is 17.7 Å². The number of amides is 1. The summed E-state index contributed by atoms with van der Waals surface area (Å²) in [5.41, 5.74) is 0. The molecule has 3 aliphatic rings. The second kappa shape index (κ2) is 4.82. The molecule has 0 aromatic carbocycles. The van der Waals surface area contributed by atoms with E-state index in [-0.39, 0.29) is 13.0 Å². The lowest BCUT2D eigenvalue weighted by Crippen LogP contribution is -2.57. The molecule has 110 valence electrons. The minimum absolute atomic E-state index is 0.0786. The Labute approximate surface area is 116 Å². The molecule has 3 fully saturated rings. The van der Waals surface area contributed by atoms with E-state index in [0.29, 0.717) is 26.2 Å². The molecular weight excluding hydrogens is 266 g/mol. The van der Waals surface area contributed by atoms with E-state index in [4.69, 9.17) is 14.2 Å². The Morgan fingerprint density at radius 2 is 2.10 bits per heavy atom. The first kappa shape index (κ1) is 13.5. The van der Waals surface area contributed by atoms with Crippen molar-refractivity contribution in [3.8, 4) is 0 Å². The Morgan fingerprint density at radius 3 is 2.75 bits per heavy atom. The summed E-state index contributed by atoms with van der Waals surface area (Å²) >= 11 is 0. The van der Waals surface area contributed by atoms with Gasteiger partial charge in [-0.15, -0.1) is 0 Å². The number of Topliss-reactive ketones (excluding diaryl/α,β-unsaturated/α-hetero) is 1. The van der Waals surface area contributed by atoms with Gasteiger partial charge in [-0.25, -0.2) is 0 Å². The van der Waals surface area contributed by atoms with Crippen molar-refractivity contribution in [1.29, 1.82) is 0 Å². The number of esters is 1. The summed E-state index contributed by atoms with van der Waals surface area (Å²) in [7, 11) is 0. The zero-order valence-corrected chi connectivity index (χ0v) is 11.3. The highest BCUT2D eigenvalue weighted by molar-refractivity contribution is 6.18. The maximum Gasteiger partial charge on any atom is 0.326 e. The maximum absolute atomic E-state index is 12.4. The molecule has 7 heteroatoms. The monoisotopic (exact) mass is 283 g/mol. The third-order valence-corrected chi connectivity index (χ3v) is 4.13. The van der Waals surface area contributed by atoms with E-state index >= 15 is 0 Å². The molecule has 0 aromatic heterocycles. The quantitative estimate of drug-likeness (QED) is 0.501. The molecule has 0 aromatic rings. The van der Waals surface area contributed by atoms with Crippen LogP contribution in [0.2, 0.25) is 0 Å². The summed E-state index contributed by atoms with van der Waals surface area (Å²) in [5, 5.41) is 0. The van der Waals surface area contributed by atoms with Crippen molar-refractivity contribution in [3.63, 3.8) is 0 Å². The van der Waals surface area contributed by atoms with Crippen LogP contribution in [-0.2, 0) is 28.6 Å². The Hall–Kier alpha value is -1.47. The largest absolute Gasteiger partial charge is 0.465 e. The molecule has 0 N–H and O–H groups in total. The molecule has 3 heterocycles. The van der Waals surface area contributed by atoms with Gasteiger partial charge in [-0.2, -0.15) is 0 Å². The Balaban J connectivity index is 1.83. The highest BCUT2D eigenvalue weighted by Gasteiger charge is 2.59. The number of piperidine rings is 1. The molecule has 0 saturated carbocycles. The molecule has 0 bridgehead atoms. The van der Waals surface area contributed by atoms with Crippen LogP contribution in [0.4, 0.5) is 0 Å². The van der Waals surface area contributed by atoms with Crippen LogP contribution in [0.15, 0.2) is 0 Å². The highest BCUT2D eigenvalue weighted by Crippen LogP contribution is 2.41. The molecular formula is C13H17NO6. The zero-order valence-electron chi connectivity index (χ0n) is 11.3. The number of carbonyl (C=O) groups excluding carboxylic acids is 3. The minimum Gasteiger partial charge on any atom is -0.465 e. The molecule has 20 heavy (non-hydrogen) atoms. The minimum atomic E-state index is -1.32. The number of ketones is 1. The van der Waals surface area contributed by atoms with Crippen molar-refractivity contribution in [2.24, 2.45) is 5.92 Å². The number of nitrogens with zero attached hydrogens (tertiary/aromatic N) is 1. The van der Waals surface area contributed by atoms with Gasteiger partial charge in [0.15, 0.2) is 17.5 Å². The van der Waals surface area contributed by atoms with Gasteiger partial charge in [0, 0.05) is 19.4 Å². The Kier molecular flexibility index (Phi) is 3.25. The SMILES string of the molecule is CCOC(=O)C1C(=O)CC2N(CCC23OCCO3)C1=O. The molecule has 2 unspecified atom stereocenters. The van der Waals surface area contributed by atoms with E-state index in [0.717, 1.165) is 0 Å². The van der Waals surface area contributed by atoms with E-state index in [2.05, 4.69) is 0 Å². The number of rotatable bonds is 2. The van der Waals surface area contributed by atoms with Crippen LogP contribution in [-0.4, -0.2) is 60.8 Å². The van der Waals surface area contributed by atoms with Gasteiger partial charge in [-0.3, -0.25) is 14.4 Å². The van der Waals surface area contributed by atoms with Gasteiger partial charge >= 0.3 is 5.97 Å². The topological polar surface area (TPSA) is 82.1 Å². The number of hydrogen-bond acceptors (Lipinski definition) is 6. The van der Waals surface area contributed by atoms with Crippen LogP contribution < -0.4 is 0 Å². The predicted octanol–water partition coefficient (Wildman–Crippen LogP) is -0.517. The molecule has 7 nitrogen and oxygen atoms in total. The third kappa shape index (κ3) is 1.84. The fourth-order valence-electron chi connectivity index (χ4n) is 3.24. The van der Waals surface area contributed by atoms with Gasteiger partial charge in [0.25, 0.3) is 0 Å². The molecule has 3 saturated heterocycles. The van der Waals surface area contributed by atoms with E-state index < -0.39 is 35.4 Å². The summed E-state index contributed by atoms with van der Waals surface area (Å²) in [5.74, 6) is -3.82. The van der Waals surface area contributed by atoms with Crippen molar-refractivity contribution < 1.29 is 28.6 Å². The van der Waals surface area contributed by atoms with Gasteiger partial charge in [0.1, 0.15) is 0 Å². The van der Waals surface area contributed by atoms with Crippen LogP contribution in [0.5, 0.6) is 0 Å². The van der Waals surface area contributed by atoms with Crippen LogP contribution in [0.25, 0.3) is 0 Å². The van der Waals surface area contributed by atoms with Crippen molar-refractivity contribution in [3.05, 3.63) is 0 Å². The van der Waals surface area contributed by atoms with Crippen molar-refractivity contribution in [1.82, 2.24) is 4.90 Å². The second-order valence-corrected chi connectivity index (χ2v) is 5.16. The number of carbonyl (C=O) groups is 3. The van der Waals surface area contributed by atoms with Gasteiger partial charge in [0.05, 0.1) is 25.9 Å². The van der Waals surface area contributed by atoms with E-state index in [1.165, 1.54) is 4.90 Å². The van der Waals surface area contributed by atoms with Crippen LogP contribution >= 0.6 is 0 Å². The van der Waals surface area contributed by atoms with Crippen LogP contribution in [0.1, 0.15) is 19.8 Å². The fraction of sp³-hybridized carbons (Fsp3) is 0.769. The molecule has 1 amide bonds. The lowest BCUT2D eigenvalue weighted by atomic mass is 9.89. The summed E-state index contributed by atoms with van der Waals surface area (Å²) in [4.78, 5) is 37.8. The first-order valence-electron chi connectivity index (χ1n) is 6.87. The Morgan fingerprint density at radius 1 is 1.40 bits per heavy atom. The van der Waals surface area contributed by atoms with Gasteiger partial charge in [0.2, 0.25) is 5.91 Å². The summed E-state index contributed by atoms with van der Waals surface area (Å²) in [6.45, 7) is 3.16. The highest BCUT2D eigenvalue weighted by atomic mass is 16.7. The molecule has 3 aliphatic heterocycles. The van der Waals surface area contributed by atoms with Crippen molar-refractivity contribution in [2.75, 3.05) is 26.4 Å². The summed E-state index contributed by atoms with van der Waals surface area (Å²) in [6, 6.07) is -0.421. The Bertz CT molecular complexity index is 456. The van der Waals surface area contributed by atoms with E-state index in [1.54, 1.807) is 6.92 Å². The molecule has 3 rings (SSSR count). The summed E-state index contributed by atoms with van der Waals surface area (Å²) in [6.07, 6.45) is 0.613. The van der Waals surface area contributed by atoms with Gasteiger partial charge < -0.3 is 19.1 Å². The van der Waals surface area contributed by atoms with Crippen molar-refractivity contribution in [2.45, 2.75) is 31.6 Å². The van der Waals surface area contributed by atoms with E-state index in [1.807, 2.05) is 0 Å². The summed E-state index contributed by atoms with van der Waals surface area (Å²) < 4.78 is 16.1. The first-order chi connectivity index (χ1) is 9.59. The normalized spacial score (nSPS) is 31.8. The smallest absolute Gasteiger partial charge is 0.326 e. The molecule has 1 spiro atoms. The molecule has 0 aliphatic carbocycles. The predicted molar refractivity (Wildman–Crippen MR) is 64.5 cm³/mol. The standard InChI is InChI=1S/C13H17NO6/c1-2-18-12(17)10-8(15)7-9-13(19-5-6-20-13)3-4-14(9)11(10)16/h9-10H,2-7H2,1H3. The number of hydrogen-bond donors (Lipinski definition) is 0. The lowest BCUT2D eigenvalue weighted by molar-refractivity contribution is -0.188. The van der Waals surface area contributed by atoms with Gasteiger partial charge in [-0.1, -0.05) is 0 Å². The average molecular weight is 283 g/mol.